The molecule has 1 aliphatic rings. The Kier molecular flexibility index (Phi) is 3.68. The summed E-state index contributed by atoms with van der Waals surface area (Å²) in [4.78, 5) is 8.23. The normalized spacial score (nSPS) is 20.7. The van der Waals surface area contributed by atoms with E-state index in [4.69, 9.17) is 0 Å². The quantitative estimate of drug-likeness (QED) is 0.804. The predicted octanol–water partition coefficient (Wildman–Crippen LogP) is 3.78. The van der Waals surface area contributed by atoms with Crippen molar-refractivity contribution in [2.24, 2.45) is 5.92 Å². The van der Waals surface area contributed by atoms with E-state index in [2.05, 4.69) is 9.97 Å². The molecule has 98 valence electrons. The molecule has 1 aliphatic carbocycles. The van der Waals surface area contributed by atoms with Gasteiger partial charge in [0.25, 0.3) is 0 Å². The first-order valence-electron chi connectivity index (χ1n) is 6.07. The van der Waals surface area contributed by atoms with Gasteiger partial charge in [0.15, 0.2) is 0 Å². The van der Waals surface area contributed by atoms with E-state index in [9.17, 15) is 13.2 Å². The summed E-state index contributed by atoms with van der Waals surface area (Å²) in [6.45, 7) is 1.99. The molecule has 18 heavy (non-hydrogen) atoms. The number of halogens is 3. The van der Waals surface area contributed by atoms with Crippen LogP contribution in [0.1, 0.15) is 37.6 Å². The van der Waals surface area contributed by atoms with Gasteiger partial charge in [-0.05, 0) is 37.3 Å². The third kappa shape index (κ3) is 2.89. The van der Waals surface area contributed by atoms with Crippen molar-refractivity contribution in [3.8, 4) is 0 Å². The molecule has 5 heteroatoms. The van der Waals surface area contributed by atoms with Crippen molar-refractivity contribution < 1.29 is 13.2 Å². The maximum Gasteiger partial charge on any atom is 0.392 e. The van der Waals surface area contributed by atoms with Crippen LogP contribution in [0.15, 0.2) is 18.5 Å². The van der Waals surface area contributed by atoms with Gasteiger partial charge in [-0.1, -0.05) is 13.0 Å². The summed E-state index contributed by atoms with van der Waals surface area (Å²) in [5, 5.41) is 0. The number of rotatable bonds is 2. The zero-order valence-corrected chi connectivity index (χ0v) is 10.2. The van der Waals surface area contributed by atoms with Gasteiger partial charge in [0.05, 0.1) is 11.6 Å². The number of allylic oxidation sites excluding steroid dienone is 2. The minimum atomic E-state index is -4.08. The van der Waals surface area contributed by atoms with Crippen molar-refractivity contribution in [3.63, 3.8) is 0 Å². The average molecular weight is 256 g/mol. The van der Waals surface area contributed by atoms with Gasteiger partial charge in [0, 0.05) is 5.69 Å². The fraction of sp³-hybridized carbons (Fsp3) is 0.538. The summed E-state index contributed by atoms with van der Waals surface area (Å²) in [7, 11) is 0. The molecule has 0 fully saturated rings. The molecule has 0 spiro atoms. The van der Waals surface area contributed by atoms with E-state index in [1.165, 1.54) is 6.33 Å². The van der Waals surface area contributed by atoms with Crippen LogP contribution in [0, 0.1) is 5.92 Å². The summed E-state index contributed by atoms with van der Waals surface area (Å²) in [6, 6.07) is 1.86. The molecule has 0 saturated carbocycles. The highest BCUT2D eigenvalue weighted by molar-refractivity contribution is 5.63. The second-order valence-electron chi connectivity index (χ2n) is 4.49. The summed E-state index contributed by atoms with van der Waals surface area (Å²) in [5.74, 6) is -1.20. The fourth-order valence-corrected chi connectivity index (χ4v) is 2.13. The van der Waals surface area contributed by atoms with Gasteiger partial charge in [0.1, 0.15) is 6.33 Å². The van der Waals surface area contributed by atoms with Gasteiger partial charge in [-0.3, -0.25) is 0 Å². The van der Waals surface area contributed by atoms with Crippen molar-refractivity contribution in [2.45, 2.75) is 38.8 Å². The van der Waals surface area contributed by atoms with Gasteiger partial charge >= 0.3 is 6.18 Å². The first kappa shape index (κ1) is 13.1. The highest BCUT2D eigenvalue weighted by Gasteiger charge is 2.39. The number of nitrogens with zero attached hydrogens (tertiary/aromatic N) is 2. The highest BCUT2D eigenvalue weighted by atomic mass is 19.4. The van der Waals surface area contributed by atoms with Crippen LogP contribution in [-0.2, 0) is 6.42 Å². The van der Waals surface area contributed by atoms with Gasteiger partial charge in [0.2, 0.25) is 0 Å². The molecule has 2 rings (SSSR count). The van der Waals surface area contributed by atoms with Gasteiger partial charge in [-0.15, -0.1) is 0 Å². The molecule has 2 nitrogen and oxygen atoms in total. The SMILES string of the molecule is CCc1cc(C2=CCC(C(F)(F)F)CC2)ncn1. The van der Waals surface area contributed by atoms with Crippen molar-refractivity contribution in [2.75, 3.05) is 0 Å². The number of aryl methyl sites for hydroxylation is 1. The molecule has 0 radical (unpaired) electrons. The second-order valence-corrected chi connectivity index (χ2v) is 4.49. The smallest absolute Gasteiger partial charge is 0.241 e. The van der Waals surface area contributed by atoms with E-state index < -0.39 is 12.1 Å². The lowest BCUT2D eigenvalue weighted by atomic mass is 9.88. The minimum Gasteiger partial charge on any atom is -0.241 e. The summed E-state index contributed by atoms with van der Waals surface area (Å²) in [6.07, 6.45) is 0.514. The van der Waals surface area contributed by atoms with E-state index in [1.807, 2.05) is 13.0 Å². The van der Waals surface area contributed by atoms with Crippen LogP contribution in [0.4, 0.5) is 13.2 Å². The molecule has 0 aromatic carbocycles. The molecule has 1 aromatic heterocycles. The van der Waals surface area contributed by atoms with Crippen molar-refractivity contribution in [3.05, 3.63) is 29.9 Å². The van der Waals surface area contributed by atoms with Crippen LogP contribution in [0.5, 0.6) is 0 Å². The van der Waals surface area contributed by atoms with Gasteiger partial charge in [-0.25, -0.2) is 9.97 Å². The first-order valence-corrected chi connectivity index (χ1v) is 6.07. The van der Waals surface area contributed by atoms with Crippen LogP contribution in [0.3, 0.4) is 0 Å². The van der Waals surface area contributed by atoms with E-state index >= 15 is 0 Å². The third-order valence-corrected chi connectivity index (χ3v) is 3.29. The molecule has 0 N–H and O–H groups in total. The standard InChI is InChI=1S/C13H15F3N2/c1-2-11-7-12(18-8-17-11)9-3-5-10(6-4-9)13(14,15)16/h3,7-8,10H,2,4-6H2,1H3. The van der Waals surface area contributed by atoms with Gasteiger partial charge in [-0.2, -0.15) is 13.2 Å². The third-order valence-electron chi connectivity index (χ3n) is 3.29. The number of hydrogen-bond acceptors (Lipinski definition) is 2. The van der Waals surface area contributed by atoms with Gasteiger partial charge < -0.3 is 0 Å². The van der Waals surface area contributed by atoms with E-state index in [-0.39, 0.29) is 12.8 Å². The van der Waals surface area contributed by atoms with Crippen molar-refractivity contribution >= 4 is 5.57 Å². The van der Waals surface area contributed by atoms with Crippen LogP contribution in [0.2, 0.25) is 0 Å². The number of hydrogen-bond donors (Lipinski definition) is 0. The van der Waals surface area contributed by atoms with E-state index in [0.29, 0.717) is 6.42 Å². The molecular formula is C13H15F3N2. The Morgan fingerprint density at radius 1 is 1.33 bits per heavy atom. The Balaban J connectivity index is 2.14. The molecule has 0 saturated heterocycles. The lowest BCUT2D eigenvalue weighted by Crippen LogP contribution is -2.24. The zero-order valence-electron chi connectivity index (χ0n) is 10.2. The molecule has 1 atom stereocenters. The highest BCUT2D eigenvalue weighted by Crippen LogP contribution is 2.38. The van der Waals surface area contributed by atoms with Crippen LogP contribution >= 0.6 is 0 Å². The van der Waals surface area contributed by atoms with Crippen molar-refractivity contribution in [1.29, 1.82) is 0 Å². The van der Waals surface area contributed by atoms with E-state index in [1.54, 1.807) is 6.08 Å². The lowest BCUT2D eigenvalue weighted by molar-refractivity contribution is -0.175. The minimum absolute atomic E-state index is 0.0598. The molecule has 0 bridgehead atoms. The largest absolute Gasteiger partial charge is 0.392 e. The Labute approximate surface area is 104 Å². The molecule has 1 unspecified atom stereocenters. The average Bonchev–Trinajstić information content (AvgIpc) is 2.38. The lowest BCUT2D eigenvalue weighted by Gasteiger charge is -2.23. The molecule has 0 aliphatic heterocycles. The topological polar surface area (TPSA) is 25.8 Å². The Morgan fingerprint density at radius 3 is 2.67 bits per heavy atom. The molecule has 0 amide bonds. The maximum absolute atomic E-state index is 12.5. The number of alkyl halides is 3. The fourth-order valence-electron chi connectivity index (χ4n) is 2.13. The summed E-state index contributed by atoms with van der Waals surface area (Å²) in [5.41, 5.74) is 2.59. The predicted molar refractivity (Wildman–Crippen MR) is 62.8 cm³/mol. The second kappa shape index (κ2) is 5.08. The monoisotopic (exact) mass is 256 g/mol. The summed E-state index contributed by atoms with van der Waals surface area (Å²) < 4.78 is 37.6. The van der Waals surface area contributed by atoms with Crippen LogP contribution < -0.4 is 0 Å². The zero-order chi connectivity index (χ0) is 13.2. The Bertz CT molecular complexity index is 452. The number of aromatic nitrogens is 2. The molecule has 1 aromatic rings. The van der Waals surface area contributed by atoms with Crippen molar-refractivity contribution in [1.82, 2.24) is 9.97 Å². The maximum atomic E-state index is 12.5. The summed E-state index contributed by atoms with van der Waals surface area (Å²) >= 11 is 0. The molecular weight excluding hydrogens is 241 g/mol. The Hall–Kier alpha value is -1.39. The Morgan fingerprint density at radius 2 is 2.11 bits per heavy atom. The molecule has 1 heterocycles. The van der Waals surface area contributed by atoms with E-state index in [0.717, 1.165) is 23.4 Å². The first-order chi connectivity index (χ1) is 8.50. The van der Waals surface area contributed by atoms with Crippen LogP contribution in [0.25, 0.3) is 5.57 Å². The van der Waals surface area contributed by atoms with Crippen LogP contribution in [-0.4, -0.2) is 16.1 Å².